The number of urea groups is 1. The normalized spacial score (nSPS) is 26.5. The molecular formula is C15H26N2O4. The SMILES string of the molecule is O=C(NCCOC1CCCC1)NC1CCCC(C(=O)O)C1. The molecule has 2 atom stereocenters. The third kappa shape index (κ3) is 5.53. The first-order chi connectivity index (χ1) is 10.1. The van der Waals surface area contributed by atoms with E-state index >= 15 is 0 Å². The molecule has 0 spiro atoms. The van der Waals surface area contributed by atoms with Crippen molar-refractivity contribution >= 4 is 12.0 Å². The van der Waals surface area contributed by atoms with Crippen LogP contribution >= 0.6 is 0 Å². The summed E-state index contributed by atoms with van der Waals surface area (Å²) in [6, 6.07) is -0.253. The number of aliphatic carboxylic acids is 1. The molecule has 2 saturated carbocycles. The van der Waals surface area contributed by atoms with E-state index in [9.17, 15) is 9.59 Å². The summed E-state index contributed by atoms with van der Waals surface area (Å²) in [7, 11) is 0. The maximum atomic E-state index is 11.8. The minimum Gasteiger partial charge on any atom is -0.481 e. The first-order valence-electron chi connectivity index (χ1n) is 8.04. The number of rotatable bonds is 6. The Kier molecular flexibility index (Phi) is 6.29. The van der Waals surface area contributed by atoms with Crippen molar-refractivity contribution in [1.29, 1.82) is 0 Å². The highest BCUT2D eigenvalue weighted by Gasteiger charge is 2.27. The van der Waals surface area contributed by atoms with Crippen LogP contribution in [0.1, 0.15) is 51.4 Å². The summed E-state index contributed by atoms with van der Waals surface area (Å²) in [4.78, 5) is 22.7. The van der Waals surface area contributed by atoms with Crippen molar-refractivity contribution in [3.8, 4) is 0 Å². The van der Waals surface area contributed by atoms with Crippen LogP contribution in [0.4, 0.5) is 4.79 Å². The van der Waals surface area contributed by atoms with E-state index in [0.717, 1.165) is 25.7 Å². The van der Waals surface area contributed by atoms with Gasteiger partial charge in [0, 0.05) is 12.6 Å². The van der Waals surface area contributed by atoms with Gasteiger partial charge in [0.1, 0.15) is 0 Å². The molecule has 0 aromatic rings. The summed E-state index contributed by atoms with van der Waals surface area (Å²) in [5, 5.41) is 14.7. The number of ether oxygens (including phenoxy) is 1. The Morgan fingerprint density at radius 1 is 1.10 bits per heavy atom. The molecule has 6 nitrogen and oxygen atoms in total. The number of carboxylic acid groups (broad SMARTS) is 1. The van der Waals surface area contributed by atoms with Gasteiger partial charge in [-0.3, -0.25) is 4.79 Å². The van der Waals surface area contributed by atoms with Gasteiger partial charge in [-0.25, -0.2) is 4.79 Å². The van der Waals surface area contributed by atoms with E-state index < -0.39 is 5.97 Å². The third-order valence-corrected chi connectivity index (χ3v) is 4.40. The van der Waals surface area contributed by atoms with Gasteiger partial charge in [0.25, 0.3) is 0 Å². The van der Waals surface area contributed by atoms with Gasteiger partial charge in [-0.2, -0.15) is 0 Å². The van der Waals surface area contributed by atoms with Gasteiger partial charge in [0.2, 0.25) is 0 Å². The summed E-state index contributed by atoms with van der Waals surface area (Å²) < 4.78 is 5.67. The average Bonchev–Trinajstić information content (AvgIpc) is 2.97. The lowest BCUT2D eigenvalue weighted by molar-refractivity contribution is -0.143. The van der Waals surface area contributed by atoms with E-state index in [1.807, 2.05) is 0 Å². The predicted molar refractivity (Wildman–Crippen MR) is 78.1 cm³/mol. The van der Waals surface area contributed by atoms with E-state index in [1.54, 1.807) is 0 Å². The lowest BCUT2D eigenvalue weighted by atomic mass is 9.86. The summed E-state index contributed by atoms with van der Waals surface area (Å²) in [5.74, 6) is -1.08. The van der Waals surface area contributed by atoms with Gasteiger partial charge < -0.3 is 20.5 Å². The number of carbonyl (C=O) groups excluding carboxylic acids is 1. The van der Waals surface area contributed by atoms with Crippen LogP contribution in [-0.2, 0) is 9.53 Å². The second kappa shape index (κ2) is 8.22. The van der Waals surface area contributed by atoms with Gasteiger partial charge in [-0.05, 0) is 32.1 Å². The second-order valence-electron chi connectivity index (χ2n) is 6.08. The molecule has 0 aliphatic heterocycles. The molecule has 2 rings (SSSR count). The minimum absolute atomic E-state index is 0.0319. The van der Waals surface area contributed by atoms with Crippen molar-refractivity contribution in [2.24, 2.45) is 5.92 Å². The monoisotopic (exact) mass is 298 g/mol. The Hall–Kier alpha value is -1.30. The fourth-order valence-electron chi connectivity index (χ4n) is 3.23. The number of hydrogen-bond acceptors (Lipinski definition) is 3. The van der Waals surface area contributed by atoms with Gasteiger partial charge in [0.15, 0.2) is 0 Å². The fraction of sp³-hybridized carbons (Fsp3) is 0.867. The molecule has 0 bridgehead atoms. The summed E-state index contributed by atoms with van der Waals surface area (Å²) in [5.41, 5.74) is 0. The molecule has 2 fully saturated rings. The van der Waals surface area contributed by atoms with Crippen LogP contribution in [-0.4, -0.2) is 42.4 Å². The van der Waals surface area contributed by atoms with Crippen molar-refractivity contribution in [1.82, 2.24) is 10.6 Å². The molecule has 0 radical (unpaired) electrons. The highest BCUT2D eigenvalue weighted by atomic mass is 16.5. The fourth-order valence-corrected chi connectivity index (χ4v) is 3.23. The standard InChI is InChI=1S/C15H26N2O4/c18-14(19)11-4-3-5-12(10-11)17-15(20)16-8-9-21-13-6-1-2-7-13/h11-13H,1-10H2,(H,18,19)(H2,16,17,20). The lowest BCUT2D eigenvalue weighted by Crippen LogP contribution is -2.45. The zero-order chi connectivity index (χ0) is 15.1. The van der Waals surface area contributed by atoms with Crippen molar-refractivity contribution < 1.29 is 19.4 Å². The Labute approximate surface area is 125 Å². The lowest BCUT2D eigenvalue weighted by Gasteiger charge is -2.27. The quantitative estimate of drug-likeness (QED) is 0.653. The molecule has 0 saturated heterocycles. The zero-order valence-electron chi connectivity index (χ0n) is 12.5. The largest absolute Gasteiger partial charge is 0.481 e. The number of hydrogen-bond donors (Lipinski definition) is 3. The Balaban J connectivity index is 1.57. The van der Waals surface area contributed by atoms with Gasteiger partial charge >= 0.3 is 12.0 Å². The van der Waals surface area contributed by atoms with Gasteiger partial charge in [-0.1, -0.05) is 19.3 Å². The summed E-state index contributed by atoms with van der Waals surface area (Å²) in [6.45, 7) is 1.04. The van der Waals surface area contributed by atoms with E-state index in [2.05, 4.69) is 10.6 Å². The van der Waals surface area contributed by atoms with Crippen LogP contribution in [0.3, 0.4) is 0 Å². The van der Waals surface area contributed by atoms with Crippen LogP contribution in [0.15, 0.2) is 0 Å². The maximum absolute atomic E-state index is 11.8. The second-order valence-corrected chi connectivity index (χ2v) is 6.08. The van der Waals surface area contributed by atoms with Crippen molar-refractivity contribution in [2.75, 3.05) is 13.2 Å². The summed E-state index contributed by atoms with van der Waals surface area (Å²) >= 11 is 0. The van der Waals surface area contributed by atoms with Crippen LogP contribution in [0.2, 0.25) is 0 Å². The van der Waals surface area contributed by atoms with Crippen LogP contribution in [0.5, 0.6) is 0 Å². The van der Waals surface area contributed by atoms with E-state index in [0.29, 0.717) is 32.1 Å². The van der Waals surface area contributed by atoms with Crippen LogP contribution in [0.25, 0.3) is 0 Å². The van der Waals surface area contributed by atoms with E-state index in [4.69, 9.17) is 9.84 Å². The van der Waals surface area contributed by atoms with Gasteiger partial charge in [0.05, 0.1) is 18.6 Å². The van der Waals surface area contributed by atoms with Crippen molar-refractivity contribution in [2.45, 2.75) is 63.5 Å². The minimum atomic E-state index is -0.758. The topological polar surface area (TPSA) is 87.7 Å². The summed E-state index contributed by atoms with van der Waals surface area (Å²) in [6.07, 6.45) is 8.06. The molecular weight excluding hydrogens is 272 g/mol. The number of amides is 2. The Bertz CT molecular complexity index is 356. The molecule has 2 aliphatic carbocycles. The highest BCUT2D eigenvalue weighted by Crippen LogP contribution is 2.24. The Morgan fingerprint density at radius 2 is 1.86 bits per heavy atom. The average molecular weight is 298 g/mol. The number of carbonyl (C=O) groups is 2. The first kappa shape index (κ1) is 16.1. The maximum Gasteiger partial charge on any atom is 0.315 e. The molecule has 3 N–H and O–H groups in total. The molecule has 0 aromatic carbocycles. The number of carboxylic acids is 1. The number of nitrogens with one attached hydrogen (secondary N) is 2. The molecule has 0 aromatic heterocycles. The molecule has 2 aliphatic rings. The third-order valence-electron chi connectivity index (χ3n) is 4.40. The zero-order valence-corrected chi connectivity index (χ0v) is 12.5. The van der Waals surface area contributed by atoms with E-state index in [1.165, 1.54) is 12.8 Å². The molecule has 2 amide bonds. The molecule has 21 heavy (non-hydrogen) atoms. The molecule has 6 heteroatoms. The van der Waals surface area contributed by atoms with Crippen molar-refractivity contribution in [3.05, 3.63) is 0 Å². The first-order valence-corrected chi connectivity index (χ1v) is 8.04. The van der Waals surface area contributed by atoms with E-state index in [-0.39, 0.29) is 18.0 Å². The van der Waals surface area contributed by atoms with Crippen molar-refractivity contribution in [3.63, 3.8) is 0 Å². The van der Waals surface area contributed by atoms with Gasteiger partial charge in [-0.15, -0.1) is 0 Å². The smallest absolute Gasteiger partial charge is 0.315 e. The molecule has 0 heterocycles. The molecule has 120 valence electrons. The molecule has 2 unspecified atom stereocenters. The van der Waals surface area contributed by atoms with Crippen LogP contribution in [0, 0.1) is 5.92 Å². The van der Waals surface area contributed by atoms with Crippen LogP contribution < -0.4 is 10.6 Å². The Morgan fingerprint density at radius 3 is 2.57 bits per heavy atom. The predicted octanol–water partition coefficient (Wildman–Crippen LogP) is 1.89. The highest BCUT2D eigenvalue weighted by molar-refractivity contribution is 5.74.